The smallest absolute Gasteiger partial charge is 0.00700 e. The molecule has 0 unspecified atom stereocenters. The van der Waals surface area contributed by atoms with E-state index in [-0.39, 0.29) is 0 Å². The fraction of sp³-hybridized carbons (Fsp3) is 1.00. The molecule has 0 aromatic carbocycles. The lowest BCUT2D eigenvalue weighted by molar-refractivity contribution is 0.614. The number of nitrogens with two attached hydrogens (primary N) is 1. The molecular weight excluding hydrogens is 86.1 g/mol. The molecule has 0 bridgehead atoms. The second-order valence-corrected chi connectivity index (χ2v) is 2.90. The Morgan fingerprint density at radius 2 is 2.14 bits per heavy atom. The molecule has 0 saturated heterocycles. The van der Waals surface area contributed by atoms with Gasteiger partial charge in [-0.05, 0) is 31.1 Å². The van der Waals surface area contributed by atoms with Gasteiger partial charge in [-0.15, -0.1) is 0 Å². The van der Waals surface area contributed by atoms with Crippen LogP contribution in [0, 0.1) is 11.8 Å². The minimum absolute atomic E-state index is 0.588. The topological polar surface area (TPSA) is 26.0 Å². The highest BCUT2D eigenvalue weighted by atomic mass is 14.7. The minimum Gasteiger partial charge on any atom is -0.327 e. The molecule has 1 nitrogen and oxygen atoms in total. The van der Waals surface area contributed by atoms with Gasteiger partial charge in [-0.1, -0.05) is 0 Å². The van der Waals surface area contributed by atoms with Gasteiger partial charge in [0, 0.05) is 6.04 Å². The van der Waals surface area contributed by atoms with E-state index in [0.29, 0.717) is 6.04 Å². The van der Waals surface area contributed by atoms with Crippen LogP contribution in [0.2, 0.25) is 0 Å². The molecule has 0 amide bonds. The van der Waals surface area contributed by atoms with Crippen molar-refractivity contribution >= 4 is 0 Å². The SMILES string of the molecule is N[C@@H]1CC[C@H]2C[C@@H]21. The fourth-order valence-corrected chi connectivity index (χ4v) is 1.75. The second kappa shape index (κ2) is 1.03. The Balaban J connectivity index is 2.08. The van der Waals surface area contributed by atoms with Crippen LogP contribution in [-0.2, 0) is 0 Å². The van der Waals surface area contributed by atoms with Gasteiger partial charge in [-0.3, -0.25) is 0 Å². The predicted molar refractivity (Wildman–Crippen MR) is 28.8 cm³/mol. The van der Waals surface area contributed by atoms with Gasteiger partial charge in [-0.2, -0.15) is 0 Å². The van der Waals surface area contributed by atoms with Crippen LogP contribution in [0.25, 0.3) is 0 Å². The summed E-state index contributed by atoms with van der Waals surface area (Å²) >= 11 is 0. The number of fused-ring (bicyclic) bond motifs is 1. The van der Waals surface area contributed by atoms with E-state index in [1.807, 2.05) is 0 Å². The quantitative estimate of drug-likeness (QED) is 0.474. The predicted octanol–water partition coefficient (Wildman–Crippen LogP) is 0.744. The zero-order chi connectivity index (χ0) is 4.85. The first kappa shape index (κ1) is 3.90. The summed E-state index contributed by atoms with van der Waals surface area (Å²) in [5.74, 6) is 2.02. The monoisotopic (exact) mass is 97.1 g/mol. The minimum atomic E-state index is 0.588. The molecule has 1 heteroatoms. The molecule has 0 aromatic rings. The number of hydrogen-bond donors (Lipinski definition) is 1. The van der Waals surface area contributed by atoms with Crippen molar-refractivity contribution in [3.8, 4) is 0 Å². The van der Waals surface area contributed by atoms with Crippen LogP contribution in [0.3, 0.4) is 0 Å². The molecule has 2 rings (SSSR count). The van der Waals surface area contributed by atoms with Crippen LogP contribution in [0.15, 0.2) is 0 Å². The highest BCUT2D eigenvalue weighted by Gasteiger charge is 2.45. The lowest BCUT2D eigenvalue weighted by atomic mass is 10.2. The van der Waals surface area contributed by atoms with E-state index in [9.17, 15) is 0 Å². The van der Waals surface area contributed by atoms with Gasteiger partial charge in [0.25, 0.3) is 0 Å². The molecule has 2 aliphatic rings. The third-order valence-corrected chi connectivity index (χ3v) is 2.40. The Morgan fingerprint density at radius 3 is 2.29 bits per heavy atom. The molecule has 0 heterocycles. The van der Waals surface area contributed by atoms with Crippen molar-refractivity contribution in [1.29, 1.82) is 0 Å². The highest BCUT2D eigenvalue weighted by molar-refractivity contribution is 4.99. The second-order valence-electron chi connectivity index (χ2n) is 2.90. The molecule has 3 atom stereocenters. The molecule has 2 aliphatic carbocycles. The van der Waals surface area contributed by atoms with Gasteiger partial charge in [0.2, 0.25) is 0 Å². The molecule has 0 aliphatic heterocycles. The van der Waals surface area contributed by atoms with E-state index in [1.165, 1.54) is 19.3 Å². The van der Waals surface area contributed by atoms with Gasteiger partial charge in [-0.25, -0.2) is 0 Å². The third kappa shape index (κ3) is 0.418. The zero-order valence-electron chi connectivity index (χ0n) is 4.43. The van der Waals surface area contributed by atoms with Crippen molar-refractivity contribution in [3.05, 3.63) is 0 Å². The third-order valence-electron chi connectivity index (χ3n) is 2.40. The Hall–Kier alpha value is -0.0400. The van der Waals surface area contributed by atoms with E-state index in [0.717, 1.165) is 11.8 Å². The van der Waals surface area contributed by atoms with Crippen molar-refractivity contribution < 1.29 is 0 Å². The molecule has 7 heavy (non-hydrogen) atoms. The van der Waals surface area contributed by atoms with Gasteiger partial charge in [0.1, 0.15) is 0 Å². The van der Waals surface area contributed by atoms with Crippen molar-refractivity contribution in [2.24, 2.45) is 17.6 Å². The molecule has 0 radical (unpaired) electrons. The molecule has 2 fully saturated rings. The van der Waals surface area contributed by atoms with Crippen molar-refractivity contribution in [2.75, 3.05) is 0 Å². The molecule has 0 aromatic heterocycles. The largest absolute Gasteiger partial charge is 0.327 e. The van der Waals surface area contributed by atoms with E-state index < -0.39 is 0 Å². The van der Waals surface area contributed by atoms with Crippen LogP contribution in [0.5, 0.6) is 0 Å². The van der Waals surface area contributed by atoms with Gasteiger partial charge in [0.05, 0.1) is 0 Å². The van der Waals surface area contributed by atoms with E-state index in [1.54, 1.807) is 0 Å². The van der Waals surface area contributed by atoms with E-state index in [4.69, 9.17) is 5.73 Å². The lowest BCUT2D eigenvalue weighted by Gasteiger charge is -1.99. The van der Waals surface area contributed by atoms with Crippen LogP contribution in [-0.4, -0.2) is 6.04 Å². The number of hydrogen-bond acceptors (Lipinski definition) is 1. The van der Waals surface area contributed by atoms with Crippen molar-refractivity contribution in [1.82, 2.24) is 0 Å². The van der Waals surface area contributed by atoms with E-state index in [2.05, 4.69) is 0 Å². The van der Waals surface area contributed by atoms with Gasteiger partial charge < -0.3 is 5.73 Å². The zero-order valence-corrected chi connectivity index (χ0v) is 4.43. The molecule has 2 saturated carbocycles. The Bertz CT molecular complexity index is 90.2. The Morgan fingerprint density at radius 1 is 1.29 bits per heavy atom. The maximum atomic E-state index is 5.72. The average Bonchev–Trinajstić information content (AvgIpc) is 2.33. The van der Waals surface area contributed by atoms with Gasteiger partial charge >= 0.3 is 0 Å². The standard InChI is InChI=1S/C6H11N/c7-6-2-1-4-3-5(4)6/h4-6H,1-3,7H2/t4-,5-,6+/m0/s1. The normalized spacial score (nSPS) is 57.0. The fourth-order valence-electron chi connectivity index (χ4n) is 1.75. The summed E-state index contributed by atoms with van der Waals surface area (Å²) in [5, 5.41) is 0. The molecule has 40 valence electrons. The summed E-state index contributed by atoms with van der Waals surface area (Å²) in [4.78, 5) is 0. The van der Waals surface area contributed by atoms with E-state index >= 15 is 0 Å². The Kier molecular flexibility index (Phi) is 0.571. The number of rotatable bonds is 0. The molecule has 0 spiro atoms. The molecule has 2 N–H and O–H groups in total. The summed E-state index contributed by atoms with van der Waals surface area (Å²) in [6, 6.07) is 0.588. The summed E-state index contributed by atoms with van der Waals surface area (Å²) in [6.45, 7) is 0. The lowest BCUT2D eigenvalue weighted by Crippen LogP contribution is -2.18. The average molecular weight is 97.2 g/mol. The summed E-state index contributed by atoms with van der Waals surface area (Å²) in [7, 11) is 0. The van der Waals surface area contributed by atoms with Crippen molar-refractivity contribution in [2.45, 2.75) is 25.3 Å². The molecular formula is C6H11N. The van der Waals surface area contributed by atoms with Crippen molar-refractivity contribution in [3.63, 3.8) is 0 Å². The summed E-state index contributed by atoms with van der Waals surface area (Å²) in [5.41, 5.74) is 5.72. The maximum absolute atomic E-state index is 5.72. The Labute approximate surface area is 43.9 Å². The highest BCUT2D eigenvalue weighted by Crippen LogP contribution is 2.50. The first-order valence-corrected chi connectivity index (χ1v) is 3.13. The van der Waals surface area contributed by atoms with Crippen LogP contribution >= 0.6 is 0 Å². The summed E-state index contributed by atoms with van der Waals surface area (Å²) in [6.07, 6.45) is 4.17. The van der Waals surface area contributed by atoms with Crippen LogP contribution in [0.4, 0.5) is 0 Å². The first-order valence-electron chi connectivity index (χ1n) is 3.13. The van der Waals surface area contributed by atoms with Gasteiger partial charge in [0.15, 0.2) is 0 Å². The van der Waals surface area contributed by atoms with Crippen LogP contribution < -0.4 is 5.73 Å². The van der Waals surface area contributed by atoms with Crippen LogP contribution in [0.1, 0.15) is 19.3 Å². The first-order chi connectivity index (χ1) is 3.38. The maximum Gasteiger partial charge on any atom is 0.00700 e. The summed E-state index contributed by atoms with van der Waals surface area (Å²) < 4.78 is 0.